The predicted octanol–water partition coefficient (Wildman–Crippen LogP) is 2.87. The molecule has 3 aromatic rings. The minimum Gasteiger partial charge on any atom is -0.478 e. The molecule has 0 bridgehead atoms. The van der Waals surface area contributed by atoms with Crippen LogP contribution in [0.25, 0.3) is 21.9 Å². The first-order valence-corrected chi connectivity index (χ1v) is 8.43. The highest BCUT2D eigenvalue weighted by molar-refractivity contribution is 7.19. The molecule has 0 amide bonds. The summed E-state index contributed by atoms with van der Waals surface area (Å²) in [5.74, 6) is 0.816. The molecule has 0 fully saturated rings. The van der Waals surface area contributed by atoms with E-state index >= 15 is 0 Å². The summed E-state index contributed by atoms with van der Waals surface area (Å²) in [6.45, 7) is 4.17. The van der Waals surface area contributed by atoms with Gasteiger partial charge in [-0.1, -0.05) is 6.92 Å². The first-order valence-electron chi connectivity index (χ1n) is 7.61. The molecule has 0 aliphatic heterocycles. The number of aliphatic carboxylic acids is 1. The Morgan fingerprint density at radius 2 is 2.26 bits per heavy atom. The Morgan fingerprint density at radius 1 is 1.43 bits per heavy atom. The maximum Gasteiger partial charge on any atom is 0.328 e. The smallest absolute Gasteiger partial charge is 0.328 e. The minimum absolute atomic E-state index is 0.397. The summed E-state index contributed by atoms with van der Waals surface area (Å²) in [5, 5.41) is 14.2. The number of aryl methyl sites for hydroxylation is 2. The number of rotatable bonds is 2. The molecule has 1 aliphatic rings. The SMILES string of the molecule is Cc1nc2sc3c(c2c2nc(/C=C/C(=O)O)nn12)CC(C)CC3. The van der Waals surface area contributed by atoms with Crippen molar-refractivity contribution in [3.05, 3.63) is 28.2 Å². The van der Waals surface area contributed by atoms with E-state index in [9.17, 15) is 4.79 Å². The van der Waals surface area contributed by atoms with Crippen molar-refractivity contribution < 1.29 is 9.90 Å². The van der Waals surface area contributed by atoms with Gasteiger partial charge in [0.05, 0.1) is 5.39 Å². The Bertz CT molecular complexity index is 970. The topological polar surface area (TPSA) is 80.4 Å². The summed E-state index contributed by atoms with van der Waals surface area (Å²) < 4.78 is 1.72. The maximum absolute atomic E-state index is 10.7. The van der Waals surface area contributed by atoms with E-state index < -0.39 is 5.97 Å². The molecule has 1 atom stereocenters. The molecule has 1 N–H and O–H groups in total. The van der Waals surface area contributed by atoms with Crippen molar-refractivity contribution in [1.29, 1.82) is 0 Å². The van der Waals surface area contributed by atoms with Crippen molar-refractivity contribution in [2.24, 2.45) is 5.92 Å². The quantitative estimate of drug-likeness (QED) is 0.732. The Morgan fingerprint density at radius 3 is 3.04 bits per heavy atom. The summed E-state index contributed by atoms with van der Waals surface area (Å²) >= 11 is 1.75. The second-order valence-corrected chi connectivity index (χ2v) is 7.15. The molecule has 1 unspecified atom stereocenters. The van der Waals surface area contributed by atoms with E-state index in [0.29, 0.717) is 11.7 Å². The van der Waals surface area contributed by atoms with Crippen LogP contribution < -0.4 is 0 Å². The zero-order valence-electron chi connectivity index (χ0n) is 12.9. The molecule has 0 radical (unpaired) electrons. The van der Waals surface area contributed by atoms with E-state index in [4.69, 9.17) is 5.11 Å². The van der Waals surface area contributed by atoms with Crippen LogP contribution in [0.15, 0.2) is 6.08 Å². The first-order chi connectivity index (χ1) is 11.0. The third kappa shape index (κ3) is 2.31. The number of carbonyl (C=O) groups is 1. The normalized spacial score (nSPS) is 18.1. The van der Waals surface area contributed by atoms with E-state index in [2.05, 4.69) is 22.0 Å². The van der Waals surface area contributed by atoms with Gasteiger partial charge in [-0.2, -0.15) is 4.52 Å². The van der Waals surface area contributed by atoms with Crippen LogP contribution in [0, 0.1) is 12.8 Å². The number of thiophene rings is 1. The number of nitrogens with zero attached hydrogens (tertiary/aromatic N) is 4. The highest BCUT2D eigenvalue weighted by Gasteiger charge is 2.24. The summed E-state index contributed by atoms with van der Waals surface area (Å²) in [5.41, 5.74) is 2.13. The molecule has 118 valence electrons. The molecule has 7 heteroatoms. The van der Waals surface area contributed by atoms with Gasteiger partial charge < -0.3 is 5.11 Å². The highest BCUT2D eigenvalue weighted by Crippen LogP contribution is 2.38. The maximum atomic E-state index is 10.7. The van der Waals surface area contributed by atoms with Crippen LogP contribution in [0.1, 0.15) is 35.4 Å². The molecule has 0 saturated heterocycles. The van der Waals surface area contributed by atoms with E-state index in [1.165, 1.54) is 22.9 Å². The second kappa shape index (κ2) is 5.13. The second-order valence-electron chi connectivity index (χ2n) is 6.07. The molecule has 0 spiro atoms. The van der Waals surface area contributed by atoms with Crippen LogP contribution in [0.3, 0.4) is 0 Å². The van der Waals surface area contributed by atoms with Gasteiger partial charge in [-0.25, -0.2) is 14.8 Å². The van der Waals surface area contributed by atoms with Crippen molar-refractivity contribution in [2.45, 2.75) is 33.1 Å². The first kappa shape index (κ1) is 14.3. The average molecular weight is 328 g/mol. The number of hydrogen-bond donors (Lipinski definition) is 1. The van der Waals surface area contributed by atoms with E-state index in [1.807, 2.05) is 6.92 Å². The standard InChI is InChI=1S/C16H16N4O2S/c1-8-3-4-11-10(7-8)14-15-18-12(5-6-13(21)22)19-20(15)9(2)17-16(14)23-11/h5-6,8H,3-4,7H2,1-2H3,(H,21,22)/b6-5+. The molecule has 6 nitrogen and oxygen atoms in total. The van der Waals surface area contributed by atoms with Gasteiger partial charge in [0.1, 0.15) is 10.7 Å². The van der Waals surface area contributed by atoms with Gasteiger partial charge in [-0.3, -0.25) is 0 Å². The largest absolute Gasteiger partial charge is 0.478 e. The number of aromatic nitrogens is 4. The van der Waals surface area contributed by atoms with Crippen LogP contribution in [0.5, 0.6) is 0 Å². The van der Waals surface area contributed by atoms with Gasteiger partial charge in [0.25, 0.3) is 0 Å². The van der Waals surface area contributed by atoms with E-state index in [1.54, 1.807) is 15.9 Å². The molecule has 0 saturated carbocycles. The zero-order chi connectivity index (χ0) is 16.1. The van der Waals surface area contributed by atoms with Gasteiger partial charge in [-0.05, 0) is 43.7 Å². The molecular weight excluding hydrogens is 312 g/mol. The lowest BCUT2D eigenvalue weighted by atomic mass is 9.89. The number of carboxylic acids is 1. The summed E-state index contributed by atoms with van der Waals surface area (Å²) in [7, 11) is 0. The molecular formula is C16H16N4O2S. The monoisotopic (exact) mass is 328 g/mol. The minimum atomic E-state index is -1.01. The van der Waals surface area contributed by atoms with Crippen LogP contribution >= 0.6 is 11.3 Å². The molecule has 3 aromatic heterocycles. The van der Waals surface area contributed by atoms with Crippen molar-refractivity contribution in [3.63, 3.8) is 0 Å². The molecule has 3 heterocycles. The van der Waals surface area contributed by atoms with Crippen LogP contribution in [-0.2, 0) is 17.6 Å². The third-order valence-corrected chi connectivity index (χ3v) is 5.47. The fourth-order valence-corrected chi connectivity index (χ4v) is 4.44. The summed E-state index contributed by atoms with van der Waals surface area (Å²) in [6.07, 6.45) is 5.84. The molecule has 4 rings (SSSR count). The lowest BCUT2D eigenvalue weighted by molar-refractivity contribution is -0.131. The van der Waals surface area contributed by atoms with Gasteiger partial charge >= 0.3 is 5.97 Å². The van der Waals surface area contributed by atoms with Crippen LogP contribution in [-0.4, -0.2) is 30.7 Å². The average Bonchev–Trinajstić information content (AvgIpc) is 3.06. The number of hydrogen-bond acceptors (Lipinski definition) is 5. The Labute approximate surface area is 136 Å². The summed E-state index contributed by atoms with van der Waals surface area (Å²) in [6, 6.07) is 0. The van der Waals surface area contributed by atoms with Gasteiger partial charge in [-0.15, -0.1) is 16.4 Å². The molecule has 23 heavy (non-hydrogen) atoms. The van der Waals surface area contributed by atoms with E-state index in [0.717, 1.165) is 40.6 Å². The molecule has 1 aliphatic carbocycles. The van der Waals surface area contributed by atoms with Gasteiger partial charge in [0.15, 0.2) is 11.5 Å². The van der Waals surface area contributed by atoms with Crippen molar-refractivity contribution in [1.82, 2.24) is 19.6 Å². The van der Waals surface area contributed by atoms with Crippen LogP contribution in [0.2, 0.25) is 0 Å². The predicted molar refractivity (Wildman–Crippen MR) is 88.8 cm³/mol. The van der Waals surface area contributed by atoms with Crippen LogP contribution in [0.4, 0.5) is 0 Å². The van der Waals surface area contributed by atoms with Crippen molar-refractivity contribution >= 4 is 39.2 Å². The number of fused-ring (bicyclic) bond motifs is 5. The Balaban J connectivity index is 1.99. The lowest BCUT2D eigenvalue weighted by Gasteiger charge is -2.17. The van der Waals surface area contributed by atoms with E-state index in [-0.39, 0.29) is 0 Å². The summed E-state index contributed by atoms with van der Waals surface area (Å²) in [4.78, 5) is 22.3. The number of carboxylic acid groups (broad SMARTS) is 1. The fourth-order valence-electron chi connectivity index (χ4n) is 3.18. The van der Waals surface area contributed by atoms with Gasteiger partial charge in [0.2, 0.25) is 0 Å². The lowest BCUT2D eigenvalue weighted by Crippen LogP contribution is -2.09. The third-order valence-electron chi connectivity index (χ3n) is 4.28. The Kier molecular flexibility index (Phi) is 3.19. The van der Waals surface area contributed by atoms with Gasteiger partial charge in [0, 0.05) is 11.0 Å². The fraction of sp³-hybridized carbons (Fsp3) is 0.375. The van der Waals surface area contributed by atoms with Crippen molar-refractivity contribution in [2.75, 3.05) is 0 Å². The highest BCUT2D eigenvalue weighted by atomic mass is 32.1. The van der Waals surface area contributed by atoms with Crippen molar-refractivity contribution in [3.8, 4) is 0 Å². The zero-order valence-corrected chi connectivity index (χ0v) is 13.7. The molecule has 0 aromatic carbocycles. The Hall–Kier alpha value is -2.28.